The van der Waals surface area contributed by atoms with Gasteiger partial charge in [-0.05, 0) is 56.4 Å². The third-order valence-electron chi connectivity index (χ3n) is 3.72. The molecule has 1 N–H and O–H groups in total. The second kappa shape index (κ2) is 6.06. The summed E-state index contributed by atoms with van der Waals surface area (Å²) < 4.78 is 38.2. The lowest BCUT2D eigenvalue weighted by atomic mass is 9.91. The van der Waals surface area contributed by atoms with Crippen molar-refractivity contribution in [2.75, 3.05) is 0 Å². The molecular formula is C17H19F3O. The first kappa shape index (κ1) is 15.8. The van der Waals surface area contributed by atoms with Crippen LogP contribution in [-0.4, -0.2) is 5.11 Å². The van der Waals surface area contributed by atoms with Crippen LogP contribution in [0.15, 0.2) is 48.1 Å². The van der Waals surface area contributed by atoms with Gasteiger partial charge in [0, 0.05) is 0 Å². The third-order valence-corrected chi connectivity index (χ3v) is 3.72. The number of allylic oxidation sites excluding steroid dienone is 3. The molecule has 1 atom stereocenters. The Balaban J connectivity index is 2.22. The molecule has 0 saturated carbocycles. The van der Waals surface area contributed by atoms with Crippen LogP contribution in [0.4, 0.5) is 13.2 Å². The van der Waals surface area contributed by atoms with Crippen LogP contribution < -0.4 is 0 Å². The molecule has 0 radical (unpaired) electrons. The zero-order valence-corrected chi connectivity index (χ0v) is 12.0. The minimum Gasteiger partial charge on any atom is -0.381 e. The fraction of sp³-hybridized carbons (Fsp3) is 0.412. The normalized spacial score (nSPS) is 19.4. The summed E-state index contributed by atoms with van der Waals surface area (Å²) in [6, 6.07) is 4.84. The van der Waals surface area contributed by atoms with E-state index < -0.39 is 17.3 Å². The molecule has 0 fully saturated rings. The van der Waals surface area contributed by atoms with E-state index in [2.05, 4.69) is 6.08 Å². The first-order chi connectivity index (χ1) is 9.79. The van der Waals surface area contributed by atoms with E-state index in [0.29, 0.717) is 0 Å². The average Bonchev–Trinajstić information content (AvgIpc) is 2.46. The number of halogens is 3. The van der Waals surface area contributed by atoms with Gasteiger partial charge in [-0.1, -0.05) is 29.9 Å². The van der Waals surface area contributed by atoms with Crippen LogP contribution in [0.3, 0.4) is 0 Å². The first-order valence-corrected chi connectivity index (χ1v) is 7.07. The number of hydrogen-bond acceptors (Lipinski definition) is 1. The van der Waals surface area contributed by atoms with Gasteiger partial charge >= 0.3 is 6.18 Å². The minimum absolute atomic E-state index is 0.241. The Morgan fingerprint density at radius 1 is 1.14 bits per heavy atom. The molecule has 2 rings (SSSR count). The number of hydrogen-bond donors (Lipinski definition) is 1. The van der Waals surface area contributed by atoms with Crippen LogP contribution >= 0.6 is 0 Å². The monoisotopic (exact) mass is 296 g/mol. The highest BCUT2D eigenvalue weighted by molar-refractivity contribution is 5.34. The summed E-state index contributed by atoms with van der Waals surface area (Å²) in [6.45, 7) is 1.50. The summed E-state index contributed by atoms with van der Waals surface area (Å²) in [6.07, 6.45) is 5.35. The predicted molar refractivity (Wildman–Crippen MR) is 76.7 cm³/mol. The molecule has 4 heteroatoms. The van der Waals surface area contributed by atoms with E-state index in [1.807, 2.05) is 6.08 Å². The molecule has 1 aromatic rings. The van der Waals surface area contributed by atoms with Crippen LogP contribution in [0.2, 0.25) is 0 Å². The van der Waals surface area contributed by atoms with Gasteiger partial charge in [-0.25, -0.2) is 0 Å². The van der Waals surface area contributed by atoms with Gasteiger partial charge in [0.2, 0.25) is 0 Å². The summed E-state index contributed by atoms with van der Waals surface area (Å²) in [4.78, 5) is 0. The second-order valence-corrected chi connectivity index (χ2v) is 5.58. The van der Waals surface area contributed by atoms with Crippen molar-refractivity contribution in [2.45, 2.75) is 44.4 Å². The molecule has 1 nitrogen and oxygen atoms in total. The van der Waals surface area contributed by atoms with Crippen molar-refractivity contribution < 1.29 is 18.3 Å². The van der Waals surface area contributed by atoms with Gasteiger partial charge in [-0.15, -0.1) is 0 Å². The molecule has 0 amide bonds. The highest BCUT2D eigenvalue weighted by Gasteiger charge is 2.32. The molecule has 1 aliphatic rings. The van der Waals surface area contributed by atoms with Gasteiger partial charge in [-0.2, -0.15) is 13.2 Å². The van der Waals surface area contributed by atoms with E-state index in [4.69, 9.17) is 0 Å². The van der Waals surface area contributed by atoms with Crippen molar-refractivity contribution in [3.63, 3.8) is 0 Å². The molecule has 0 bridgehead atoms. The smallest absolute Gasteiger partial charge is 0.381 e. The molecule has 114 valence electrons. The lowest BCUT2D eigenvalue weighted by Crippen LogP contribution is -2.19. The Kier molecular flexibility index (Phi) is 4.57. The topological polar surface area (TPSA) is 20.2 Å². The lowest BCUT2D eigenvalue weighted by molar-refractivity contribution is -0.137. The van der Waals surface area contributed by atoms with Crippen molar-refractivity contribution in [3.8, 4) is 0 Å². The number of alkyl halides is 3. The molecule has 0 saturated heterocycles. The van der Waals surface area contributed by atoms with Crippen LogP contribution in [-0.2, 0) is 11.8 Å². The zero-order chi connectivity index (χ0) is 15.5. The quantitative estimate of drug-likeness (QED) is 0.835. The first-order valence-electron chi connectivity index (χ1n) is 7.07. The van der Waals surface area contributed by atoms with E-state index >= 15 is 0 Å². The van der Waals surface area contributed by atoms with Gasteiger partial charge in [0.25, 0.3) is 0 Å². The molecule has 0 heterocycles. The molecule has 0 spiro atoms. The summed E-state index contributed by atoms with van der Waals surface area (Å²) >= 11 is 0. The van der Waals surface area contributed by atoms with E-state index in [0.717, 1.165) is 37.0 Å². The van der Waals surface area contributed by atoms with Gasteiger partial charge in [0.1, 0.15) is 5.60 Å². The lowest BCUT2D eigenvalue weighted by Gasteiger charge is -2.21. The van der Waals surface area contributed by atoms with Crippen molar-refractivity contribution >= 4 is 0 Å². The number of aliphatic hydroxyl groups is 1. The van der Waals surface area contributed by atoms with Crippen LogP contribution in [0.25, 0.3) is 0 Å². The summed E-state index contributed by atoms with van der Waals surface area (Å²) in [5.74, 6) is 0. The van der Waals surface area contributed by atoms with Crippen molar-refractivity contribution in [1.29, 1.82) is 0 Å². The summed E-state index contributed by atoms with van der Waals surface area (Å²) in [5.41, 5.74) is -0.788. The van der Waals surface area contributed by atoms with Crippen molar-refractivity contribution in [1.82, 2.24) is 0 Å². The van der Waals surface area contributed by atoms with Crippen molar-refractivity contribution in [3.05, 3.63) is 59.2 Å². The molecular weight excluding hydrogens is 277 g/mol. The Hall–Kier alpha value is -1.55. The standard InChI is InChI=1S/C17H19F3O/c1-16(21,11-10-13-6-3-2-4-7-13)14-8-5-9-15(12-14)17(18,19)20/h5-6,8-12,21H,2-4,7H2,1H3/b11-10+. The van der Waals surface area contributed by atoms with Crippen molar-refractivity contribution in [2.24, 2.45) is 0 Å². The maximum atomic E-state index is 12.7. The molecule has 1 unspecified atom stereocenters. The highest BCUT2D eigenvalue weighted by atomic mass is 19.4. The largest absolute Gasteiger partial charge is 0.416 e. The zero-order valence-electron chi connectivity index (χ0n) is 12.0. The van der Waals surface area contributed by atoms with Gasteiger partial charge < -0.3 is 5.11 Å². The predicted octanol–water partition coefficient (Wildman–Crippen LogP) is 4.97. The van der Waals surface area contributed by atoms with E-state index in [-0.39, 0.29) is 5.56 Å². The Morgan fingerprint density at radius 3 is 2.48 bits per heavy atom. The SMILES string of the molecule is CC(O)(/C=C/C1=CCCCC1)c1cccc(C(F)(F)F)c1. The average molecular weight is 296 g/mol. The van der Waals surface area contributed by atoms with Gasteiger partial charge in [-0.3, -0.25) is 0 Å². The Labute approximate surface area is 122 Å². The summed E-state index contributed by atoms with van der Waals surface area (Å²) in [5, 5.41) is 10.4. The molecule has 1 aromatic carbocycles. The molecule has 0 aromatic heterocycles. The number of benzene rings is 1. The number of rotatable bonds is 3. The maximum absolute atomic E-state index is 12.7. The highest BCUT2D eigenvalue weighted by Crippen LogP contribution is 2.33. The molecule has 1 aliphatic carbocycles. The third kappa shape index (κ3) is 4.21. The fourth-order valence-corrected chi connectivity index (χ4v) is 2.39. The maximum Gasteiger partial charge on any atom is 0.416 e. The summed E-state index contributed by atoms with van der Waals surface area (Å²) in [7, 11) is 0. The Morgan fingerprint density at radius 2 is 1.86 bits per heavy atom. The van der Waals surface area contributed by atoms with E-state index in [1.54, 1.807) is 6.08 Å². The van der Waals surface area contributed by atoms with Crippen LogP contribution in [0.1, 0.15) is 43.7 Å². The second-order valence-electron chi connectivity index (χ2n) is 5.58. The van der Waals surface area contributed by atoms with Gasteiger partial charge in [0.15, 0.2) is 0 Å². The van der Waals surface area contributed by atoms with Gasteiger partial charge in [0.05, 0.1) is 5.56 Å². The molecule has 0 aliphatic heterocycles. The van der Waals surface area contributed by atoms with Crippen LogP contribution in [0.5, 0.6) is 0 Å². The van der Waals surface area contributed by atoms with Crippen LogP contribution in [0, 0.1) is 0 Å². The van der Waals surface area contributed by atoms with E-state index in [9.17, 15) is 18.3 Å². The fourth-order valence-electron chi connectivity index (χ4n) is 2.39. The Bertz CT molecular complexity index is 553. The molecule has 21 heavy (non-hydrogen) atoms. The van der Waals surface area contributed by atoms with E-state index in [1.165, 1.54) is 25.5 Å². The minimum atomic E-state index is -4.40.